The summed E-state index contributed by atoms with van der Waals surface area (Å²) in [5.74, 6) is 6.73. The average molecular weight is 264 g/mol. The second-order valence-corrected chi connectivity index (χ2v) is 4.22. The molecule has 2 aromatic rings. The van der Waals surface area contributed by atoms with E-state index in [4.69, 9.17) is 15.0 Å². The predicted molar refractivity (Wildman–Crippen MR) is 70.0 cm³/mol. The number of rotatable bonds is 6. The molecule has 4 nitrogen and oxygen atoms in total. The van der Waals surface area contributed by atoms with Gasteiger partial charge in [0.1, 0.15) is 17.3 Å². The summed E-state index contributed by atoms with van der Waals surface area (Å²) in [4.78, 5) is 0. The van der Waals surface area contributed by atoms with Crippen LogP contribution in [0.25, 0.3) is 0 Å². The highest BCUT2D eigenvalue weighted by atomic mass is 19.1. The number of ether oxygens (including phenoxy) is 1. The molecule has 0 spiro atoms. The molecule has 3 N–H and O–H groups in total. The van der Waals surface area contributed by atoms with E-state index >= 15 is 0 Å². The van der Waals surface area contributed by atoms with E-state index in [2.05, 4.69) is 5.43 Å². The largest absolute Gasteiger partial charge is 0.496 e. The number of aryl methyl sites for hydroxylation is 1. The highest BCUT2D eigenvalue weighted by Crippen LogP contribution is 2.28. The third kappa shape index (κ3) is 3.33. The second kappa shape index (κ2) is 6.36. The first-order chi connectivity index (χ1) is 9.24. The quantitative estimate of drug-likeness (QED) is 0.622. The number of benzene rings is 1. The Morgan fingerprint density at radius 1 is 1.42 bits per heavy atom. The van der Waals surface area contributed by atoms with E-state index in [1.54, 1.807) is 19.4 Å². The molecule has 0 bridgehead atoms. The van der Waals surface area contributed by atoms with Gasteiger partial charge in [0.05, 0.1) is 19.4 Å². The maximum atomic E-state index is 13.4. The molecule has 0 radical (unpaired) electrons. The normalized spacial score (nSPS) is 12.4. The van der Waals surface area contributed by atoms with Crippen LogP contribution in [-0.4, -0.2) is 7.11 Å². The lowest BCUT2D eigenvalue weighted by atomic mass is 10.0. The fourth-order valence-corrected chi connectivity index (χ4v) is 2.05. The molecule has 1 heterocycles. The zero-order valence-corrected chi connectivity index (χ0v) is 10.7. The molecule has 0 saturated heterocycles. The van der Waals surface area contributed by atoms with E-state index in [0.29, 0.717) is 24.2 Å². The predicted octanol–water partition coefficient (Wildman–Crippen LogP) is 2.56. The molecule has 5 heteroatoms. The van der Waals surface area contributed by atoms with Crippen LogP contribution >= 0.6 is 0 Å². The van der Waals surface area contributed by atoms with Crippen LogP contribution < -0.4 is 16.0 Å². The zero-order valence-electron chi connectivity index (χ0n) is 10.7. The minimum absolute atomic E-state index is 0.198. The molecule has 0 fully saturated rings. The summed E-state index contributed by atoms with van der Waals surface area (Å²) in [6.07, 6.45) is 3.02. The first-order valence-electron chi connectivity index (χ1n) is 6.06. The van der Waals surface area contributed by atoms with Crippen molar-refractivity contribution in [3.63, 3.8) is 0 Å². The van der Waals surface area contributed by atoms with E-state index < -0.39 is 0 Å². The van der Waals surface area contributed by atoms with Crippen molar-refractivity contribution in [3.8, 4) is 5.75 Å². The van der Waals surface area contributed by atoms with Gasteiger partial charge in [-0.15, -0.1) is 0 Å². The van der Waals surface area contributed by atoms with Crippen molar-refractivity contribution < 1.29 is 13.5 Å². The maximum absolute atomic E-state index is 13.4. The lowest BCUT2D eigenvalue weighted by Crippen LogP contribution is -2.28. The van der Waals surface area contributed by atoms with Gasteiger partial charge in [0.2, 0.25) is 0 Å². The van der Waals surface area contributed by atoms with Crippen LogP contribution in [0.3, 0.4) is 0 Å². The summed E-state index contributed by atoms with van der Waals surface area (Å²) < 4.78 is 23.9. The number of hydrogen-bond acceptors (Lipinski definition) is 4. The number of halogens is 1. The number of hydrazine groups is 1. The number of nitrogens with one attached hydrogen (secondary N) is 1. The molecule has 0 aliphatic heterocycles. The number of furan rings is 1. The van der Waals surface area contributed by atoms with Gasteiger partial charge in [0.25, 0.3) is 0 Å². The molecule has 0 aliphatic rings. The topological polar surface area (TPSA) is 60.4 Å². The van der Waals surface area contributed by atoms with Gasteiger partial charge in [-0.1, -0.05) is 0 Å². The molecule has 1 unspecified atom stereocenters. The monoisotopic (exact) mass is 264 g/mol. The standard InChI is InChI=1S/C14H17FN2O2/c1-18-14-7-4-10(15)9-12(14)13(17-16)6-5-11-3-2-8-19-11/h2-4,7-9,13,17H,5-6,16H2,1H3. The van der Waals surface area contributed by atoms with Crippen LogP contribution in [0, 0.1) is 5.82 Å². The number of methoxy groups -OCH3 is 1. The Kier molecular flexibility index (Phi) is 4.54. The minimum atomic E-state index is -0.311. The first kappa shape index (κ1) is 13.6. The summed E-state index contributed by atoms with van der Waals surface area (Å²) in [5, 5.41) is 0. The Hall–Kier alpha value is -1.85. The molecule has 0 saturated carbocycles. The van der Waals surface area contributed by atoms with E-state index in [1.165, 1.54) is 12.1 Å². The lowest BCUT2D eigenvalue weighted by molar-refractivity contribution is 0.390. The molecule has 102 valence electrons. The Labute approximate surface area is 111 Å². The van der Waals surface area contributed by atoms with Crippen LogP contribution in [0.2, 0.25) is 0 Å². The SMILES string of the molecule is COc1ccc(F)cc1C(CCc1ccco1)NN. The van der Waals surface area contributed by atoms with Gasteiger partial charge in [-0.2, -0.15) is 0 Å². The molecule has 1 aromatic carbocycles. The van der Waals surface area contributed by atoms with Crippen LogP contribution in [-0.2, 0) is 6.42 Å². The Balaban J connectivity index is 2.14. The smallest absolute Gasteiger partial charge is 0.123 e. The van der Waals surface area contributed by atoms with Crippen LogP contribution in [0.15, 0.2) is 41.0 Å². The Morgan fingerprint density at radius 2 is 2.26 bits per heavy atom. The van der Waals surface area contributed by atoms with Crippen molar-refractivity contribution in [1.29, 1.82) is 0 Å². The molecule has 0 amide bonds. The van der Waals surface area contributed by atoms with Crippen LogP contribution in [0.1, 0.15) is 23.8 Å². The van der Waals surface area contributed by atoms with Crippen molar-refractivity contribution >= 4 is 0 Å². The van der Waals surface area contributed by atoms with Gasteiger partial charge in [-0.05, 0) is 36.8 Å². The summed E-state index contributed by atoms with van der Waals surface area (Å²) in [5.41, 5.74) is 3.40. The fraction of sp³-hybridized carbons (Fsp3) is 0.286. The molecule has 1 aromatic heterocycles. The van der Waals surface area contributed by atoms with Crippen molar-refractivity contribution in [3.05, 3.63) is 53.7 Å². The summed E-state index contributed by atoms with van der Waals surface area (Å²) in [6, 6.07) is 7.94. The molecular weight excluding hydrogens is 247 g/mol. The maximum Gasteiger partial charge on any atom is 0.123 e. The van der Waals surface area contributed by atoms with Gasteiger partial charge in [0.15, 0.2) is 0 Å². The summed E-state index contributed by atoms with van der Waals surface area (Å²) in [7, 11) is 1.55. The summed E-state index contributed by atoms with van der Waals surface area (Å²) in [6.45, 7) is 0. The first-order valence-corrected chi connectivity index (χ1v) is 6.06. The summed E-state index contributed by atoms with van der Waals surface area (Å²) >= 11 is 0. The van der Waals surface area contributed by atoms with Gasteiger partial charge in [-0.3, -0.25) is 11.3 Å². The number of hydrogen-bond donors (Lipinski definition) is 2. The minimum Gasteiger partial charge on any atom is -0.496 e. The van der Waals surface area contributed by atoms with Crippen molar-refractivity contribution in [2.24, 2.45) is 5.84 Å². The van der Waals surface area contributed by atoms with Crippen LogP contribution in [0.4, 0.5) is 4.39 Å². The second-order valence-electron chi connectivity index (χ2n) is 4.22. The molecule has 19 heavy (non-hydrogen) atoms. The van der Waals surface area contributed by atoms with E-state index in [-0.39, 0.29) is 11.9 Å². The third-order valence-electron chi connectivity index (χ3n) is 3.03. The lowest BCUT2D eigenvalue weighted by Gasteiger charge is -2.18. The molecular formula is C14H17FN2O2. The number of nitrogens with two attached hydrogens (primary N) is 1. The fourth-order valence-electron chi connectivity index (χ4n) is 2.05. The Morgan fingerprint density at radius 3 is 2.89 bits per heavy atom. The average Bonchev–Trinajstić information content (AvgIpc) is 2.93. The molecule has 1 atom stereocenters. The van der Waals surface area contributed by atoms with Crippen molar-refractivity contribution in [1.82, 2.24) is 5.43 Å². The van der Waals surface area contributed by atoms with Crippen molar-refractivity contribution in [2.45, 2.75) is 18.9 Å². The van der Waals surface area contributed by atoms with E-state index in [0.717, 1.165) is 5.76 Å². The van der Waals surface area contributed by atoms with E-state index in [9.17, 15) is 4.39 Å². The van der Waals surface area contributed by atoms with E-state index in [1.807, 2.05) is 12.1 Å². The Bertz CT molecular complexity index is 514. The zero-order chi connectivity index (χ0) is 13.7. The highest BCUT2D eigenvalue weighted by molar-refractivity contribution is 5.36. The van der Waals surface area contributed by atoms with Gasteiger partial charge < -0.3 is 9.15 Å². The third-order valence-corrected chi connectivity index (χ3v) is 3.03. The van der Waals surface area contributed by atoms with Gasteiger partial charge in [0, 0.05) is 12.0 Å². The highest BCUT2D eigenvalue weighted by Gasteiger charge is 2.16. The molecule has 2 rings (SSSR count). The van der Waals surface area contributed by atoms with Gasteiger partial charge in [-0.25, -0.2) is 4.39 Å². The van der Waals surface area contributed by atoms with Crippen molar-refractivity contribution in [2.75, 3.05) is 7.11 Å². The molecule has 0 aliphatic carbocycles. The van der Waals surface area contributed by atoms with Gasteiger partial charge >= 0.3 is 0 Å². The van der Waals surface area contributed by atoms with Crippen LogP contribution in [0.5, 0.6) is 5.75 Å².